The minimum absolute atomic E-state index is 0.137. The van der Waals surface area contributed by atoms with Crippen molar-refractivity contribution in [2.45, 2.75) is 44.6 Å². The van der Waals surface area contributed by atoms with E-state index in [4.69, 9.17) is 14.2 Å². The van der Waals surface area contributed by atoms with Crippen LogP contribution in [0.15, 0.2) is 36.4 Å². The van der Waals surface area contributed by atoms with Crippen LogP contribution >= 0.6 is 0 Å². The molecule has 0 aliphatic rings. The maximum absolute atomic E-state index is 10.2. The molecule has 2 N–H and O–H groups in total. The maximum atomic E-state index is 10.2. The number of aryl methyl sites for hydroxylation is 2. The van der Waals surface area contributed by atoms with E-state index in [1.807, 2.05) is 24.3 Å². The van der Waals surface area contributed by atoms with Gasteiger partial charge in [-0.05, 0) is 61.4 Å². The van der Waals surface area contributed by atoms with Gasteiger partial charge in [-0.1, -0.05) is 18.6 Å². The number of aromatic hydroxyl groups is 1. The van der Waals surface area contributed by atoms with Crippen molar-refractivity contribution in [1.29, 1.82) is 0 Å². The summed E-state index contributed by atoms with van der Waals surface area (Å²) in [6, 6.07) is 11.2. The fraction of sp³-hybridized carbons (Fsp3) is 0.455. The first-order valence-electron chi connectivity index (χ1n) is 9.32. The zero-order valence-corrected chi connectivity index (χ0v) is 16.4. The number of phenolic OH excluding ortho intramolecular Hbond substituents is 1. The molecule has 0 bridgehead atoms. The van der Waals surface area contributed by atoms with Crippen LogP contribution in [0, 0.1) is 0 Å². The standard InChI is InChI=1S/C22H30O5/c1-25-19-12-10-17(22(15-19)27-3)6-4-5-7-18(23)11-8-16-9-13-21(26-2)20(24)14-16/h9-10,12-15,18,23-24H,4-8,11H2,1-3H3. The molecule has 2 rings (SSSR count). The molecule has 0 aliphatic carbocycles. The van der Waals surface area contributed by atoms with E-state index in [0.717, 1.165) is 54.7 Å². The highest BCUT2D eigenvalue weighted by Gasteiger charge is 2.09. The molecule has 148 valence electrons. The Morgan fingerprint density at radius 1 is 0.815 bits per heavy atom. The van der Waals surface area contributed by atoms with Crippen LogP contribution in [0.5, 0.6) is 23.0 Å². The average molecular weight is 374 g/mol. The van der Waals surface area contributed by atoms with Gasteiger partial charge >= 0.3 is 0 Å². The van der Waals surface area contributed by atoms with Crippen molar-refractivity contribution in [3.05, 3.63) is 47.5 Å². The highest BCUT2D eigenvalue weighted by atomic mass is 16.5. The van der Waals surface area contributed by atoms with Crippen LogP contribution in [0.2, 0.25) is 0 Å². The molecule has 1 unspecified atom stereocenters. The Balaban J connectivity index is 1.72. The smallest absolute Gasteiger partial charge is 0.160 e. The largest absolute Gasteiger partial charge is 0.504 e. The van der Waals surface area contributed by atoms with Gasteiger partial charge in [0.05, 0.1) is 27.4 Å². The number of rotatable bonds is 11. The van der Waals surface area contributed by atoms with Gasteiger partial charge in [-0.25, -0.2) is 0 Å². The summed E-state index contributed by atoms with van der Waals surface area (Å²) in [7, 11) is 4.84. The third-order valence-electron chi connectivity index (χ3n) is 4.74. The minimum atomic E-state index is -0.341. The van der Waals surface area contributed by atoms with Crippen LogP contribution in [0.25, 0.3) is 0 Å². The van der Waals surface area contributed by atoms with E-state index in [-0.39, 0.29) is 11.9 Å². The predicted molar refractivity (Wildman–Crippen MR) is 106 cm³/mol. The van der Waals surface area contributed by atoms with Gasteiger partial charge < -0.3 is 24.4 Å². The molecule has 0 amide bonds. The Hall–Kier alpha value is -2.40. The molecule has 0 fully saturated rings. The number of hydrogen-bond acceptors (Lipinski definition) is 5. The summed E-state index contributed by atoms with van der Waals surface area (Å²) < 4.78 is 15.7. The van der Waals surface area contributed by atoms with Gasteiger partial charge in [-0.3, -0.25) is 0 Å². The Morgan fingerprint density at radius 2 is 1.59 bits per heavy atom. The Labute approximate surface area is 161 Å². The van der Waals surface area contributed by atoms with Crippen molar-refractivity contribution in [3.8, 4) is 23.0 Å². The summed E-state index contributed by atoms with van der Waals surface area (Å²) in [6.45, 7) is 0. The van der Waals surface area contributed by atoms with Crippen molar-refractivity contribution in [3.63, 3.8) is 0 Å². The first-order valence-corrected chi connectivity index (χ1v) is 9.32. The third kappa shape index (κ3) is 6.36. The molecular formula is C22H30O5. The molecule has 2 aromatic carbocycles. The summed E-state index contributed by atoms with van der Waals surface area (Å²) in [6.07, 6.45) is 4.68. The number of aliphatic hydroxyl groups excluding tert-OH is 1. The molecule has 1 atom stereocenters. The van der Waals surface area contributed by atoms with Gasteiger partial charge in [-0.2, -0.15) is 0 Å². The third-order valence-corrected chi connectivity index (χ3v) is 4.74. The second-order valence-electron chi connectivity index (χ2n) is 6.62. The lowest BCUT2D eigenvalue weighted by Crippen LogP contribution is -2.08. The molecule has 5 heteroatoms. The Morgan fingerprint density at radius 3 is 2.26 bits per heavy atom. The average Bonchev–Trinajstić information content (AvgIpc) is 2.69. The van der Waals surface area contributed by atoms with Crippen molar-refractivity contribution < 1.29 is 24.4 Å². The molecular weight excluding hydrogens is 344 g/mol. The van der Waals surface area contributed by atoms with Crippen LogP contribution < -0.4 is 14.2 Å². The summed E-state index contributed by atoms with van der Waals surface area (Å²) in [5, 5.41) is 20.0. The molecule has 2 aromatic rings. The molecule has 0 spiro atoms. The van der Waals surface area contributed by atoms with Crippen molar-refractivity contribution in [2.24, 2.45) is 0 Å². The molecule has 0 saturated heterocycles. The second kappa shape index (κ2) is 10.7. The minimum Gasteiger partial charge on any atom is -0.504 e. The summed E-state index contributed by atoms with van der Waals surface area (Å²) in [5.41, 5.74) is 2.15. The summed E-state index contributed by atoms with van der Waals surface area (Å²) in [4.78, 5) is 0. The van der Waals surface area contributed by atoms with Crippen molar-refractivity contribution in [2.75, 3.05) is 21.3 Å². The van der Waals surface area contributed by atoms with Crippen LogP contribution in [-0.4, -0.2) is 37.6 Å². The molecule has 0 aliphatic heterocycles. The van der Waals surface area contributed by atoms with E-state index in [1.54, 1.807) is 26.4 Å². The number of benzene rings is 2. The Bertz CT molecular complexity index is 714. The number of unbranched alkanes of at least 4 members (excludes halogenated alkanes) is 1. The molecule has 27 heavy (non-hydrogen) atoms. The molecule has 0 saturated carbocycles. The molecule has 5 nitrogen and oxygen atoms in total. The normalized spacial score (nSPS) is 11.9. The predicted octanol–water partition coefficient (Wildman–Crippen LogP) is 4.12. The maximum Gasteiger partial charge on any atom is 0.160 e. The van der Waals surface area contributed by atoms with Crippen LogP contribution in [0.3, 0.4) is 0 Å². The van der Waals surface area contributed by atoms with Gasteiger partial charge in [0, 0.05) is 6.07 Å². The van der Waals surface area contributed by atoms with E-state index in [0.29, 0.717) is 12.2 Å². The highest BCUT2D eigenvalue weighted by Crippen LogP contribution is 2.28. The van der Waals surface area contributed by atoms with E-state index in [1.165, 1.54) is 7.11 Å². The number of aliphatic hydroxyl groups is 1. The zero-order chi connectivity index (χ0) is 19.6. The van der Waals surface area contributed by atoms with Gasteiger partial charge in [-0.15, -0.1) is 0 Å². The SMILES string of the molecule is COc1ccc(CCCCC(O)CCc2ccc(OC)c(O)c2)c(OC)c1. The van der Waals surface area contributed by atoms with Crippen LogP contribution in [0.4, 0.5) is 0 Å². The lowest BCUT2D eigenvalue weighted by molar-refractivity contribution is 0.151. The highest BCUT2D eigenvalue weighted by molar-refractivity contribution is 5.42. The van der Waals surface area contributed by atoms with E-state index in [9.17, 15) is 10.2 Å². The monoisotopic (exact) mass is 374 g/mol. The molecule has 0 radical (unpaired) electrons. The Kier molecular flexibility index (Phi) is 8.27. The van der Waals surface area contributed by atoms with Crippen molar-refractivity contribution >= 4 is 0 Å². The quantitative estimate of drug-likeness (QED) is 0.579. The fourth-order valence-electron chi connectivity index (χ4n) is 3.12. The van der Waals surface area contributed by atoms with Gasteiger partial charge in [0.1, 0.15) is 11.5 Å². The lowest BCUT2D eigenvalue weighted by atomic mass is 10.0. The number of phenols is 1. The first kappa shape index (κ1) is 20.9. The van der Waals surface area contributed by atoms with Crippen molar-refractivity contribution in [1.82, 2.24) is 0 Å². The first-order chi connectivity index (χ1) is 13.1. The number of methoxy groups -OCH3 is 3. The second-order valence-corrected chi connectivity index (χ2v) is 6.62. The van der Waals surface area contributed by atoms with E-state index < -0.39 is 0 Å². The molecule has 0 heterocycles. The summed E-state index contributed by atoms with van der Waals surface area (Å²) in [5.74, 6) is 2.23. The summed E-state index contributed by atoms with van der Waals surface area (Å²) >= 11 is 0. The number of ether oxygens (including phenoxy) is 3. The molecule has 0 aromatic heterocycles. The van der Waals surface area contributed by atoms with Crippen LogP contribution in [0.1, 0.15) is 36.8 Å². The fourth-order valence-corrected chi connectivity index (χ4v) is 3.12. The number of hydrogen-bond donors (Lipinski definition) is 2. The van der Waals surface area contributed by atoms with E-state index >= 15 is 0 Å². The van der Waals surface area contributed by atoms with Crippen LogP contribution in [-0.2, 0) is 12.8 Å². The lowest BCUT2D eigenvalue weighted by Gasteiger charge is -2.13. The zero-order valence-electron chi connectivity index (χ0n) is 16.4. The topological polar surface area (TPSA) is 68.2 Å². The van der Waals surface area contributed by atoms with Gasteiger partial charge in [0.15, 0.2) is 11.5 Å². The van der Waals surface area contributed by atoms with E-state index in [2.05, 4.69) is 0 Å². The van der Waals surface area contributed by atoms with Gasteiger partial charge in [0.2, 0.25) is 0 Å². The van der Waals surface area contributed by atoms with Gasteiger partial charge in [0.25, 0.3) is 0 Å².